The lowest BCUT2D eigenvalue weighted by atomic mass is 10.0. The van der Waals surface area contributed by atoms with Crippen LogP contribution in [0, 0.1) is 5.92 Å². The molecular formula is C26H37N3O6. The fraction of sp³-hybridized carbons (Fsp3) is 0.577. The lowest BCUT2D eigenvalue weighted by molar-refractivity contribution is 0.0567. The lowest BCUT2D eigenvalue weighted by Crippen LogP contribution is -2.51. The van der Waals surface area contributed by atoms with Crippen molar-refractivity contribution >= 4 is 23.0 Å². The second-order valence-electron chi connectivity index (χ2n) is 9.32. The van der Waals surface area contributed by atoms with Gasteiger partial charge in [0.15, 0.2) is 0 Å². The number of para-hydroxylation sites is 1. The first-order valence-corrected chi connectivity index (χ1v) is 12.2. The Hall–Kier alpha value is -3.07. The van der Waals surface area contributed by atoms with Crippen LogP contribution < -0.4 is 14.8 Å². The molecule has 2 heterocycles. The molecule has 2 aromatic rings. The Morgan fingerprint density at radius 3 is 2.60 bits per heavy atom. The number of benzene rings is 1. The zero-order chi connectivity index (χ0) is 25.4. The van der Waals surface area contributed by atoms with Gasteiger partial charge in [0.25, 0.3) is 5.91 Å². The molecule has 0 unspecified atom stereocenters. The molecule has 9 nitrogen and oxygen atoms in total. The number of piperidine rings is 1. The average molecular weight is 488 g/mol. The van der Waals surface area contributed by atoms with Crippen LogP contribution in [0.25, 0.3) is 10.9 Å². The summed E-state index contributed by atoms with van der Waals surface area (Å²) in [5, 5.41) is 4.11. The van der Waals surface area contributed by atoms with Gasteiger partial charge in [0.05, 0.1) is 13.7 Å². The molecule has 0 saturated carbocycles. The molecule has 1 aliphatic rings. The molecule has 3 rings (SSSR count). The zero-order valence-corrected chi connectivity index (χ0v) is 21.3. The summed E-state index contributed by atoms with van der Waals surface area (Å²) in [6.07, 6.45) is 1.19. The average Bonchev–Trinajstić information content (AvgIpc) is 2.85. The molecule has 1 amide bonds. The minimum atomic E-state index is -0.776. The van der Waals surface area contributed by atoms with Gasteiger partial charge in [-0.2, -0.15) is 0 Å². The molecule has 35 heavy (non-hydrogen) atoms. The minimum absolute atomic E-state index is 0.00910. The lowest BCUT2D eigenvalue weighted by Gasteiger charge is -2.37. The number of nitrogens with one attached hydrogen (secondary N) is 1. The van der Waals surface area contributed by atoms with E-state index in [2.05, 4.69) is 23.9 Å². The van der Waals surface area contributed by atoms with Crippen molar-refractivity contribution in [3.63, 3.8) is 0 Å². The molecule has 0 spiro atoms. The number of fused-ring (bicyclic) bond motifs is 1. The van der Waals surface area contributed by atoms with Gasteiger partial charge in [-0.05, 0) is 51.3 Å². The van der Waals surface area contributed by atoms with Crippen molar-refractivity contribution in [3.8, 4) is 11.5 Å². The van der Waals surface area contributed by atoms with Gasteiger partial charge in [0, 0.05) is 30.1 Å². The number of ether oxygens (including phenoxy) is 4. The fourth-order valence-electron chi connectivity index (χ4n) is 4.15. The summed E-state index contributed by atoms with van der Waals surface area (Å²) in [6, 6.07) is 7.37. The highest BCUT2D eigenvalue weighted by Gasteiger charge is 2.30. The summed E-state index contributed by atoms with van der Waals surface area (Å²) in [5.74, 6) is 1.26. The minimum Gasteiger partial charge on any atom is -0.491 e. The molecule has 0 radical (unpaired) electrons. The first-order valence-electron chi connectivity index (χ1n) is 12.2. The summed E-state index contributed by atoms with van der Waals surface area (Å²) in [5.41, 5.74) is 0.856. The highest BCUT2D eigenvalue weighted by Crippen LogP contribution is 2.33. The van der Waals surface area contributed by atoms with E-state index in [-0.39, 0.29) is 31.2 Å². The number of pyridine rings is 1. The molecule has 1 fully saturated rings. The Labute approximate surface area is 207 Å². The molecule has 0 bridgehead atoms. The van der Waals surface area contributed by atoms with Crippen molar-refractivity contribution in [1.82, 2.24) is 15.2 Å². The van der Waals surface area contributed by atoms with Crippen molar-refractivity contribution in [2.24, 2.45) is 5.92 Å². The van der Waals surface area contributed by atoms with Crippen molar-refractivity contribution in [1.29, 1.82) is 0 Å². The zero-order valence-electron chi connectivity index (χ0n) is 21.3. The largest absolute Gasteiger partial charge is 0.508 e. The number of amides is 1. The number of aromatic nitrogens is 1. The van der Waals surface area contributed by atoms with Crippen molar-refractivity contribution in [3.05, 3.63) is 30.0 Å². The van der Waals surface area contributed by atoms with Crippen LogP contribution in [0.1, 0.15) is 51.0 Å². The van der Waals surface area contributed by atoms with Crippen LogP contribution in [0.5, 0.6) is 11.5 Å². The van der Waals surface area contributed by atoms with Crippen LogP contribution in [-0.4, -0.2) is 74.1 Å². The van der Waals surface area contributed by atoms with E-state index in [1.807, 2.05) is 36.9 Å². The maximum atomic E-state index is 13.8. The predicted molar refractivity (Wildman–Crippen MR) is 133 cm³/mol. The smallest absolute Gasteiger partial charge is 0.491 e. The van der Waals surface area contributed by atoms with Crippen molar-refractivity contribution in [2.45, 2.75) is 52.6 Å². The number of carbonyl (C=O) groups is 2. The van der Waals surface area contributed by atoms with Gasteiger partial charge in [-0.25, -0.2) is 9.78 Å². The summed E-state index contributed by atoms with van der Waals surface area (Å²) in [6.45, 7) is 10.5. The van der Waals surface area contributed by atoms with E-state index < -0.39 is 6.16 Å². The summed E-state index contributed by atoms with van der Waals surface area (Å²) in [7, 11) is 1.25. The molecule has 1 atom stereocenters. The molecule has 192 valence electrons. The van der Waals surface area contributed by atoms with E-state index in [4.69, 9.17) is 19.2 Å². The van der Waals surface area contributed by atoms with Gasteiger partial charge in [-0.1, -0.05) is 19.9 Å². The first kappa shape index (κ1) is 26.5. The molecule has 1 aromatic heterocycles. The molecule has 1 aliphatic heterocycles. The maximum Gasteiger partial charge on any atom is 0.508 e. The normalized spacial score (nSPS) is 15.8. The summed E-state index contributed by atoms with van der Waals surface area (Å²) < 4.78 is 21.4. The molecule has 9 heteroatoms. The van der Waals surface area contributed by atoms with E-state index >= 15 is 0 Å². The Morgan fingerprint density at radius 1 is 1.14 bits per heavy atom. The van der Waals surface area contributed by atoms with Gasteiger partial charge in [0.1, 0.15) is 35.9 Å². The number of nitrogens with zero attached hydrogens (tertiary/aromatic N) is 2. The van der Waals surface area contributed by atoms with E-state index in [0.717, 1.165) is 31.3 Å². The second-order valence-corrected chi connectivity index (χ2v) is 9.32. The Bertz CT molecular complexity index is 1000. The third kappa shape index (κ3) is 6.97. The first-order chi connectivity index (χ1) is 16.8. The second kappa shape index (κ2) is 12.6. The van der Waals surface area contributed by atoms with E-state index in [0.29, 0.717) is 35.2 Å². The molecule has 1 aromatic carbocycles. The molecule has 1 saturated heterocycles. The number of carbonyl (C=O) groups excluding carboxylic acids is 2. The SMILES string of the molecule is COC(=O)OCCOc1cc(C(=O)N(C(C)C)[C@@H]2CCCNC2)nc2c(OCC(C)C)cccc12. The standard InChI is InChI=1S/C26H37N3O6/c1-17(2)16-35-22-10-6-9-20-23(33-12-13-34-26(31)32-5)14-21(28-24(20)22)25(30)29(18(3)4)19-8-7-11-27-15-19/h6,9-10,14,17-19,27H,7-8,11-13,15-16H2,1-5H3/t19-/m1/s1. The monoisotopic (exact) mass is 487 g/mol. The third-order valence-electron chi connectivity index (χ3n) is 5.74. The van der Waals surface area contributed by atoms with E-state index in [1.165, 1.54) is 7.11 Å². The van der Waals surface area contributed by atoms with Crippen molar-refractivity contribution in [2.75, 3.05) is 40.0 Å². The van der Waals surface area contributed by atoms with E-state index in [9.17, 15) is 9.59 Å². The quantitative estimate of drug-likeness (QED) is 0.396. The topological polar surface area (TPSA) is 99.2 Å². The van der Waals surface area contributed by atoms with Gasteiger partial charge in [-0.15, -0.1) is 0 Å². The van der Waals surface area contributed by atoms with Crippen LogP contribution in [0.15, 0.2) is 24.3 Å². The van der Waals surface area contributed by atoms with Gasteiger partial charge < -0.3 is 29.2 Å². The van der Waals surface area contributed by atoms with Crippen LogP contribution in [0.4, 0.5) is 4.79 Å². The number of rotatable bonds is 10. The van der Waals surface area contributed by atoms with Crippen LogP contribution >= 0.6 is 0 Å². The molecule has 1 N–H and O–H groups in total. The van der Waals surface area contributed by atoms with Crippen molar-refractivity contribution < 1.29 is 28.5 Å². The predicted octanol–water partition coefficient (Wildman–Crippen LogP) is 4.03. The highest BCUT2D eigenvalue weighted by molar-refractivity contribution is 5.98. The van der Waals surface area contributed by atoms with Gasteiger partial charge >= 0.3 is 6.16 Å². The third-order valence-corrected chi connectivity index (χ3v) is 5.74. The van der Waals surface area contributed by atoms with E-state index in [1.54, 1.807) is 6.07 Å². The van der Waals surface area contributed by atoms with Crippen LogP contribution in [0.2, 0.25) is 0 Å². The molecule has 0 aliphatic carbocycles. The maximum absolute atomic E-state index is 13.8. The Kier molecular flexibility index (Phi) is 9.54. The number of methoxy groups -OCH3 is 1. The van der Waals surface area contributed by atoms with Crippen LogP contribution in [0.3, 0.4) is 0 Å². The van der Waals surface area contributed by atoms with Gasteiger partial charge in [-0.3, -0.25) is 4.79 Å². The number of hydrogen-bond acceptors (Lipinski definition) is 8. The fourth-order valence-corrected chi connectivity index (χ4v) is 4.15. The Morgan fingerprint density at radius 2 is 1.94 bits per heavy atom. The Balaban J connectivity index is 1.98. The summed E-state index contributed by atoms with van der Waals surface area (Å²) in [4.78, 5) is 31.7. The summed E-state index contributed by atoms with van der Waals surface area (Å²) >= 11 is 0. The molecular weight excluding hydrogens is 450 g/mol. The van der Waals surface area contributed by atoms with Crippen LogP contribution in [-0.2, 0) is 9.47 Å². The van der Waals surface area contributed by atoms with Gasteiger partial charge in [0.2, 0.25) is 0 Å². The highest BCUT2D eigenvalue weighted by atomic mass is 16.7. The number of hydrogen-bond donors (Lipinski definition) is 1.